The minimum Gasteiger partial charge on any atom is -0.385 e. The molecule has 0 aliphatic rings. The third kappa shape index (κ3) is 5.28. The van der Waals surface area contributed by atoms with Crippen molar-refractivity contribution in [2.24, 2.45) is 5.92 Å². The van der Waals surface area contributed by atoms with Crippen molar-refractivity contribution in [2.75, 3.05) is 25.5 Å². The fraction of sp³-hybridized carbons (Fsp3) is 0.600. The van der Waals surface area contributed by atoms with Gasteiger partial charge in [-0.25, -0.2) is 0 Å². The van der Waals surface area contributed by atoms with Gasteiger partial charge in [0.1, 0.15) is 5.69 Å². The lowest BCUT2D eigenvalue weighted by Crippen LogP contribution is -2.29. The Hall–Kier alpha value is -1.58. The minimum absolute atomic E-state index is 0.0131. The number of aromatic nitrogens is 1. The quantitative estimate of drug-likeness (QED) is 0.822. The number of rotatable bonds is 7. The number of carbonyl (C=O) groups excluding carboxylic acids is 1. The van der Waals surface area contributed by atoms with Gasteiger partial charge in [-0.1, -0.05) is 20.8 Å². The molecule has 0 radical (unpaired) electrons. The number of hydrogen-bond donors (Lipinski definition) is 1. The maximum absolute atomic E-state index is 12.2. The van der Waals surface area contributed by atoms with Crippen LogP contribution in [-0.4, -0.2) is 35.9 Å². The van der Waals surface area contributed by atoms with Gasteiger partial charge in [-0.05, 0) is 30.9 Å². The highest BCUT2D eigenvalue weighted by Gasteiger charge is 2.13. The predicted octanol–water partition coefficient (Wildman–Crippen LogP) is 3.02. The molecule has 106 valence electrons. The fourth-order valence-corrected chi connectivity index (χ4v) is 1.68. The van der Waals surface area contributed by atoms with E-state index in [4.69, 9.17) is 0 Å². The average molecular weight is 263 g/mol. The molecule has 0 saturated carbocycles. The smallest absolute Gasteiger partial charge is 0.272 e. The van der Waals surface area contributed by atoms with Gasteiger partial charge in [0.25, 0.3) is 5.91 Å². The molecule has 0 aliphatic carbocycles. The molecule has 0 spiro atoms. The monoisotopic (exact) mass is 263 g/mol. The van der Waals surface area contributed by atoms with Crippen molar-refractivity contribution in [1.82, 2.24) is 9.88 Å². The van der Waals surface area contributed by atoms with Crippen molar-refractivity contribution in [2.45, 2.75) is 33.6 Å². The van der Waals surface area contributed by atoms with E-state index in [2.05, 4.69) is 31.1 Å². The van der Waals surface area contributed by atoms with Crippen molar-refractivity contribution in [3.63, 3.8) is 0 Å². The van der Waals surface area contributed by atoms with Crippen LogP contribution in [0.2, 0.25) is 0 Å². The molecule has 1 heterocycles. The Morgan fingerprint density at radius 3 is 2.84 bits per heavy atom. The van der Waals surface area contributed by atoms with Crippen LogP contribution in [0.15, 0.2) is 18.3 Å². The Balaban J connectivity index is 2.65. The highest BCUT2D eigenvalue weighted by Crippen LogP contribution is 2.10. The Bertz CT molecular complexity index is 404. The largest absolute Gasteiger partial charge is 0.385 e. The summed E-state index contributed by atoms with van der Waals surface area (Å²) in [6, 6.07) is 3.71. The van der Waals surface area contributed by atoms with Crippen molar-refractivity contribution in [3.8, 4) is 0 Å². The summed E-state index contributed by atoms with van der Waals surface area (Å²) >= 11 is 0. The van der Waals surface area contributed by atoms with Crippen LogP contribution >= 0.6 is 0 Å². The van der Waals surface area contributed by atoms with E-state index in [9.17, 15) is 4.79 Å². The maximum atomic E-state index is 12.2. The summed E-state index contributed by atoms with van der Waals surface area (Å²) in [6.07, 6.45) is 3.75. The Morgan fingerprint density at radius 1 is 1.47 bits per heavy atom. The minimum atomic E-state index is -0.0131. The first-order valence-electron chi connectivity index (χ1n) is 7.00. The molecule has 4 heteroatoms. The number of carbonyl (C=O) groups is 1. The maximum Gasteiger partial charge on any atom is 0.272 e. The average Bonchev–Trinajstić information content (AvgIpc) is 2.41. The second kappa shape index (κ2) is 7.77. The third-order valence-electron chi connectivity index (χ3n) is 2.95. The fourth-order valence-electron chi connectivity index (χ4n) is 1.68. The van der Waals surface area contributed by atoms with Gasteiger partial charge in [0.15, 0.2) is 0 Å². The molecule has 0 bridgehead atoms. The second-order valence-electron chi connectivity index (χ2n) is 5.27. The van der Waals surface area contributed by atoms with Crippen molar-refractivity contribution < 1.29 is 4.79 Å². The number of nitrogens with one attached hydrogen (secondary N) is 1. The van der Waals surface area contributed by atoms with Crippen molar-refractivity contribution in [1.29, 1.82) is 0 Å². The van der Waals surface area contributed by atoms with Crippen LogP contribution in [0, 0.1) is 5.92 Å². The summed E-state index contributed by atoms with van der Waals surface area (Å²) in [4.78, 5) is 18.1. The number of pyridine rings is 1. The molecule has 1 aromatic heterocycles. The number of amides is 1. The van der Waals surface area contributed by atoms with E-state index >= 15 is 0 Å². The zero-order chi connectivity index (χ0) is 14.3. The van der Waals surface area contributed by atoms with Gasteiger partial charge < -0.3 is 10.2 Å². The van der Waals surface area contributed by atoms with E-state index < -0.39 is 0 Å². The Kier molecular flexibility index (Phi) is 6.33. The zero-order valence-corrected chi connectivity index (χ0v) is 12.4. The van der Waals surface area contributed by atoms with Crippen molar-refractivity contribution >= 4 is 11.6 Å². The molecule has 0 unspecified atom stereocenters. The zero-order valence-electron chi connectivity index (χ0n) is 12.4. The van der Waals surface area contributed by atoms with Crippen LogP contribution in [0.1, 0.15) is 44.1 Å². The van der Waals surface area contributed by atoms with Gasteiger partial charge >= 0.3 is 0 Å². The molecule has 0 saturated heterocycles. The van der Waals surface area contributed by atoms with E-state index in [0.29, 0.717) is 11.6 Å². The van der Waals surface area contributed by atoms with Gasteiger partial charge in [-0.2, -0.15) is 0 Å². The van der Waals surface area contributed by atoms with Gasteiger partial charge in [0.05, 0.1) is 0 Å². The van der Waals surface area contributed by atoms with Crippen molar-refractivity contribution in [3.05, 3.63) is 24.0 Å². The summed E-state index contributed by atoms with van der Waals surface area (Å²) in [7, 11) is 1.83. The summed E-state index contributed by atoms with van der Waals surface area (Å²) in [5.74, 6) is 0.585. The lowest BCUT2D eigenvalue weighted by molar-refractivity contribution is 0.0783. The van der Waals surface area contributed by atoms with Gasteiger partial charge in [0.2, 0.25) is 0 Å². The molecule has 1 rings (SSSR count). The molecule has 1 aromatic rings. The normalized spacial score (nSPS) is 10.6. The van der Waals surface area contributed by atoms with Crippen LogP contribution in [0.4, 0.5) is 5.69 Å². The van der Waals surface area contributed by atoms with E-state index in [0.717, 1.165) is 31.6 Å². The summed E-state index contributed by atoms with van der Waals surface area (Å²) in [6.45, 7) is 8.10. The summed E-state index contributed by atoms with van der Waals surface area (Å²) in [5, 5.41) is 3.27. The van der Waals surface area contributed by atoms with Crippen LogP contribution in [-0.2, 0) is 0 Å². The van der Waals surface area contributed by atoms with Gasteiger partial charge in [-0.3, -0.25) is 9.78 Å². The van der Waals surface area contributed by atoms with Crippen LogP contribution in [0.25, 0.3) is 0 Å². The Labute approximate surface area is 116 Å². The standard InChI is InChI=1S/C15H25N3O/c1-5-8-16-13-6-9-17-14(11-13)15(19)18(4)10-7-12(2)3/h6,9,11-12H,5,7-8,10H2,1-4H3,(H,16,17). The Morgan fingerprint density at radius 2 is 2.21 bits per heavy atom. The van der Waals surface area contributed by atoms with E-state index in [1.54, 1.807) is 11.1 Å². The predicted molar refractivity (Wildman–Crippen MR) is 79.4 cm³/mol. The second-order valence-corrected chi connectivity index (χ2v) is 5.27. The van der Waals surface area contributed by atoms with Crippen LogP contribution in [0.3, 0.4) is 0 Å². The first kappa shape index (κ1) is 15.5. The van der Waals surface area contributed by atoms with E-state index in [1.165, 1.54) is 0 Å². The molecule has 19 heavy (non-hydrogen) atoms. The molecular formula is C15H25N3O. The van der Waals surface area contributed by atoms with Gasteiger partial charge in [0, 0.05) is 32.0 Å². The molecule has 1 amide bonds. The van der Waals surface area contributed by atoms with E-state index in [1.807, 2.05) is 19.2 Å². The highest BCUT2D eigenvalue weighted by molar-refractivity contribution is 5.92. The lowest BCUT2D eigenvalue weighted by Gasteiger charge is -2.18. The molecule has 0 aromatic carbocycles. The topological polar surface area (TPSA) is 45.2 Å². The summed E-state index contributed by atoms with van der Waals surface area (Å²) in [5.41, 5.74) is 1.46. The first-order chi connectivity index (χ1) is 9.04. The number of hydrogen-bond acceptors (Lipinski definition) is 3. The number of anilines is 1. The SMILES string of the molecule is CCCNc1ccnc(C(=O)N(C)CCC(C)C)c1. The first-order valence-corrected chi connectivity index (χ1v) is 7.00. The molecular weight excluding hydrogens is 238 g/mol. The number of nitrogens with zero attached hydrogens (tertiary/aromatic N) is 2. The summed E-state index contributed by atoms with van der Waals surface area (Å²) < 4.78 is 0. The lowest BCUT2D eigenvalue weighted by atomic mass is 10.1. The van der Waals surface area contributed by atoms with Crippen LogP contribution in [0.5, 0.6) is 0 Å². The molecule has 0 atom stereocenters. The molecule has 4 nitrogen and oxygen atoms in total. The third-order valence-corrected chi connectivity index (χ3v) is 2.95. The molecule has 1 N–H and O–H groups in total. The highest BCUT2D eigenvalue weighted by atomic mass is 16.2. The molecule has 0 fully saturated rings. The van der Waals surface area contributed by atoms with Crippen LogP contribution < -0.4 is 5.32 Å². The van der Waals surface area contributed by atoms with Gasteiger partial charge in [-0.15, -0.1) is 0 Å². The van der Waals surface area contributed by atoms with E-state index in [-0.39, 0.29) is 5.91 Å². The molecule has 0 aliphatic heterocycles.